The number of anilines is 1. The first-order valence-corrected chi connectivity index (χ1v) is 7.07. The van der Waals surface area contributed by atoms with E-state index in [1.165, 1.54) is 0 Å². The van der Waals surface area contributed by atoms with Crippen LogP contribution in [0.2, 0.25) is 0 Å². The Bertz CT molecular complexity index is 441. The molecule has 3 N–H and O–H groups in total. The molecule has 1 aromatic rings. The molecule has 21 heavy (non-hydrogen) atoms. The van der Waals surface area contributed by atoms with Gasteiger partial charge in [-0.3, -0.25) is 4.79 Å². The largest absolute Gasteiger partial charge is 0.491 e. The molecule has 1 unspecified atom stereocenters. The van der Waals surface area contributed by atoms with Crippen molar-refractivity contribution < 1.29 is 9.53 Å². The van der Waals surface area contributed by atoms with E-state index in [0.29, 0.717) is 0 Å². The van der Waals surface area contributed by atoms with Crippen LogP contribution in [0, 0.1) is 5.41 Å². The Morgan fingerprint density at radius 2 is 1.81 bits per heavy atom. The molecule has 0 bridgehead atoms. The molecule has 120 valence electrons. The van der Waals surface area contributed by atoms with Gasteiger partial charge in [-0.2, -0.15) is 0 Å². The van der Waals surface area contributed by atoms with Crippen molar-refractivity contribution in [1.29, 1.82) is 0 Å². The molecule has 0 saturated carbocycles. The fourth-order valence-corrected chi connectivity index (χ4v) is 1.55. The molecular weight excluding hydrogens is 288 g/mol. The molecule has 0 saturated heterocycles. The normalized spacial score (nSPS) is 13.8. The van der Waals surface area contributed by atoms with Crippen LogP contribution in [0.4, 0.5) is 5.69 Å². The highest BCUT2D eigenvalue weighted by Crippen LogP contribution is 2.21. The maximum Gasteiger partial charge on any atom is 0.241 e. The topological polar surface area (TPSA) is 64.3 Å². The molecule has 4 nitrogen and oxygen atoms in total. The summed E-state index contributed by atoms with van der Waals surface area (Å²) in [5.41, 5.74) is 6.39. The van der Waals surface area contributed by atoms with Gasteiger partial charge in [0.25, 0.3) is 0 Å². The second-order valence-electron chi connectivity index (χ2n) is 6.19. The van der Waals surface area contributed by atoms with Crippen LogP contribution in [-0.2, 0) is 4.79 Å². The summed E-state index contributed by atoms with van der Waals surface area (Å²) in [6.07, 6.45) is 1.14. The van der Waals surface area contributed by atoms with Gasteiger partial charge in [-0.25, -0.2) is 0 Å². The average molecular weight is 315 g/mol. The van der Waals surface area contributed by atoms with Crippen molar-refractivity contribution in [2.75, 3.05) is 5.32 Å². The monoisotopic (exact) mass is 314 g/mol. The lowest BCUT2D eigenvalue weighted by atomic mass is 9.87. The Kier molecular flexibility index (Phi) is 7.75. The van der Waals surface area contributed by atoms with Crippen LogP contribution >= 0.6 is 12.4 Å². The molecule has 5 heteroatoms. The van der Waals surface area contributed by atoms with Crippen LogP contribution < -0.4 is 15.8 Å². The van der Waals surface area contributed by atoms with Gasteiger partial charge in [-0.1, -0.05) is 27.7 Å². The summed E-state index contributed by atoms with van der Waals surface area (Å²) in [6, 6.07) is 6.81. The van der Waals surface area contributed by atoms with Crippen molar-refractivity contribution in [1.82, 2.24) is 0 Å². The number of ether oxygens (including phenoxy) is 1. The fraction of sp³-hybridized carbons (Fsp3) is 0.562. The van der Waals surface area contributed by atoms with Gasteiger partial charge in [-0.05, 0) is 43.0 Å². The van der Waals surface area contributed by atoms with Crippen molar-refractivity contribution in [3.8, 4) is 5.75 Å². The lowest BCUT2D eigenvalue weighted by Crippen LogP contribution is -2.45. The third-order valence-corrected chi connectivity index (χ3v) is 3.25. The van der Waals surface area contributed by atoms with Crippen molar-refractivity contribution in [2.45, 2.75) is 53.2 Å². The lowest BCUT2D eigenvalue weighted by Gasteiger charge is -2.25. The average Bonchev–Trinajstić information content (AvgIpc) is 2.38. The molecule has 0 aliphatic heterocycles. The van der Waals surface area contributed by atoms with E-state index in [0.717, 1.165) is 17.9 Å². The van der Waals surface area contributed by atoms with Gasteiger partial charge in [-0.15, -0.1) is 12.4 Å². The molecular formula is C16H27ClN2O2. The van der Waals surface area contributed by atoms with E-state index >= 15 is 0 Å². The maximum atomic E-state index is 12.0. The summed E-state index contributed by atoms with van der Waals surface area (Å²) in [7, 11) is 0. The molecule has 2 atom stereocenters. The van der Waals surface area contributed by atoms with Crippen LogP contribution in [0.1, 0.15) is 41.0 Å². The zero-order chi connectivity index (χ0) is 15.3. The van der Waals surface area contributed by atoms with E-state index in [2.05, 4.69) is 12.2 Å². The van der Waals surface area contributed by atoms with Crippen molar-refractivity contribution >= 4 is 24.0 Å². The first-order valence-electron chi connectivity index (χ1n) is 7.07. The molecule has 0 aliphatic rings. The standard InChI is InChI=1S/C16H26N2O2.ClH/c1-6-11(2)20-13-9-7-12(8-10-13)18-15(19)14(17)16(3,4)5;/h7-11,14H,6,17H2,1-5H3,(H,18,19);1H/t11?,14-;/m1./s1. The van der Waals surface area contributed by atoms with E-state index in [4.69, 9.17) is 10.5 Å². The molecule has 0 heterocycles. The van der Waals surface area contributed by atoms with E-state index < -0.39 is 6.04 Å². The maximum absolute atomic E-state index is 12.0. The molecule has 0 spiro atoms. The number of nitrogens with one attached hydrogen (secondary N) is 1. The summed E-state index contributed by atoms with van der Waals surface area (Å²) >= 11 is 0. The number of nitrogens with two attached hydrogens (primary N) is 1. The highest BCUT2D eigenvalue weighted by Gasteiger charge is 2.27. The third-order valence-electron chi connectivity index (χ3n) is 3.25. The van der Waals surface area contributed by atoms with Gasteiger partial charge in [0.15, 0.2) is 0 Å². The second kappa shape index (κ2) is 8.25. The molecule has 1 amide bonds. The Balaban J connectivity index is 0.00000400. The summed E-state index contributed by atoms with van der Waals surface area (Å²) < 4.78 is 5.69. The zero-order valence-electron chi connectivity index (χ0n) is 13.5. The predicted octanol–water partition coefficient (Wildman–Crippen LogP) is 3.60. The first kappa shape index (κ1) is 19.7. The van der Waals surface area contributed by atoms with E-state index in [1.807, 2.05) is 52.0 Å². The number of rotatable bonds is 5. The van der Waals surface area contributed by atoms with E-state index in [9.17, 15) is 4.79 Å². The van der Waals surface area contributed by atoms with E-state index in [1.54, 1.807) is 0 Å². The Labute approximate surface area is 133 Å². The van der Waals surface area contributed by atoms with Gasteiger partial charge in [0, 0.05) is 5.69 Å². The van der Waals surface area contributed by atoms with Gasteiger partial charge < -0.3 is 15.8 Å². The number of amides is 1. The molecule has 0 aromatic heterocycles. The summed E-state index contributed by atoms with van der Waals surface area (Å²) in [5.74, 6) is 0.630. The number of hydrogen-bond donors (Lipinski definition) is 2. The first-order chi connectivity index (χ1) is 9.24. The van der Waals surface area contributed by atoms with Crippen LogP contribution in [0.3, 0.4) is 0 Å². The molecule has 0 fully saturated rings. The lowest BCUT2D eigenvalue weighted by molar-refractivity contribution is -0.119. The number of benzene rings is 1. The van der Waals surface area contributed by atoms with Gasteiger partial charge in [0.05, 0.1) is 12.1 Å². The third kappa shape index (κ3) is 6.36. The number of halogens is 1. The SMILES string of the molecule is CCC(C)Oc1ccc(NC(=O)[C@@H](N)C(C)(C)C)cc1.Cl. The van der Waals surface area contributed by atoms with Crippen molar-refractivity contribution in [3.05, 3.63) is 24.3 Å². The van der Waals surface area contributed by atoms with Gasteiger partial charge >= 0.3 is 0 Å². The van der Waals surface area contributed by atoms with E-state index in [-0.39, 0.29) is 29.8 Å². The van der Waals surface area contributed by atoms with Crippen molar-refractivity contribution in [2.24, 2.45) is 11.1 Å². The number of hydrogen-bond acceptors (Lipinski definition) is 3. The van der Waals surface area contributed by atoms with Crippen LogP contribution in [0.15, 0.2) is 24.3 Å². The van der Waals surface area contributed by atoms with Gasteiger partial charge in [0.2, 0.25) is 5.91 Å². The van der Waals surface area contributed by atoms with Crippen LogP contribution in [0.25, 0.3) is 0 Å². The molecule has 1 rings (SSSR count). The minimum Gasteiger partial charge on any atom is -0.491 e. The number of carbonyl (C=O) groups excluding carboxylic acids is 1. The highest BCUT2D eigenvalue weighted by molar-refractivity contribution is 5.95. The van der Waals surface area contributed by atoms with Gasteiger partial charge in [0.1, 0.15) is 5.75 Å². The zero-order valence-corrected chi connectivity index (χ0v) is 14.3. The minimum atomic E-state index is -0.543. The molecule has 1 aromatic carbocycles. The Morgan fingerprint density at radius 3 is 2.24 bits per heavy atom. The molecule has 0 aliphatic carbocycles. The Morgan fingerprint density at radius 1 is 1.29 bits per heavy atom. The molecule has 0 radical (unpaired) electrons. The summed E-state index contributed by atoms with van der Waals surface area (Å²) in [6.45, 7) is 9.94. The van der Waals surface area contributed by atoms with Crippen molar-refractivity contribution in [3.63, 3.8) is 0 Å². The Hall–Kier alpha value is -1.26. The van der Waals surface area contributed by atoms with Crippen LogP contribution in [0.5, 0.6) is 5.75 Å². The number of carbonyl (C=O) groups is 1. The predicted molar refractivity (Wildman–Crippen MR) is 90.1 cm³/mol. The van der Waals surface area contributed by atoms with Crippen LogP contribution in [-0.4, -0.2) is 18.1 Å². The summed E-state index contributed by atoms with van der Waals surface area (Å²) in [4.78, 5) is 12.0. The highest BCUT2D eigenvalue weighted by atomic mass is 35.5. The smallest absolute Gasteiger partial charge is 0.241 e. The quantitative estimate of drug-likeness (QED) is 0.872. The summed E-state index contributed by atoms with van der Waals surface area (Å²) in [5, 5.41) is 2.82. The minimum absolute atomic E-state index is 0. The second-order valence-corrected chi connectivity index (χ2v) is 6.19. The fourth-order valence-electron chi connectivity index (χ4n) is 1.55.